The molecule has 1 aromatic heterocycles. The number of hydrogen-bond acceptors (Lipinski definition) is 5. The van der Waals surface area contributed by atoms with E-state index in [1.165, 1.54) is 6.21 Å². The summed E-state index contributed by atoms with van der Waals surface area (Å²) in [6, 6.07) is 8.15. The molecule has 142 valence electrons. The maximum Gasteiger partial charge on any atom is 0.131 e. The Morgan fingerprint density at radius 2 is 1.88 bits per heavy atom. The maximum atomic E-state index is 7.62. The number of methoxy groups -OCH3 is 1. The molecule has 1 unspecified atom stereocenters. The van der Waals surface area contributed by atoms with Crippen LogP contribution in [0.15, 0.2) is 28.7 Å². The van der Waals surface area contributed by atoms with E-state index in [4.69, 9.17) is 10.1 Å². The van der Waals surface area contributed by atoms with Crippen LogP contribution in [0.4, 0.5) is 17.2 Å². The predicted octanol–water partition coefficient (Wildman–Crippen LogP) is 5.68. The Morgan fingerprint density at radius 3 is 2.50 bits per heavy atom. The lowest BCUT2D eigenvalue weighted by molar-refractivity contribution is 0.190. The second-order valence-electron chi connectivity index (χ2n) is 5.82. The van der Waals surface area contributed by atoms with Gasteiger partial charge in [0.15, 0.2) is 0 Å². The molecular weight excluding hydrogens is 392 g/mol. The van der Waals surface area contributed by atoms with E-state index in [-0.39, 0.29) is 6.04 Å². The van der Waals surface area contributed by atoms with Crippen LogP contribution in [0.5, 0.6) is 0 Å². The van der Waals surface area contributed by atoms with Crippen LogP contribution in [0, 0.1) is 19.3 Å². The molecule has 2 aromatic rings. The molecule has 5 nitrogen and oxygen atoms in total. The molecule has 0 aliphatic rings. The summed E-state index contributed by atoms with van der Waals surface area (Å²) in [5.74, 6) is 0.711. The average Bonchev–Trinajstić information content (AvgIpc) is 2.62. The molecule has 0 saturated carbocycles. The van der Waals surface area contributed by atoms with Gasteiger partial charge in [-0.25, -0.2) is 4.98 Å². The number of benzene rings is 1. The van der Waals surface area contributed by atoms with Crippen molar-refractivity contribution in [3.8, 4) is 0 Å². The predicted molar refractivity (Wildman–Crippen MR) is 115 cm³/mol. The average molecular weight is 421 g/mol. The normalized spacial score (nSPS) is 11.2. The third-order valence-electron chi connectivity index (χ3n) is 3.65. The molecular formula is C20H29BrN4O. The van der Waals surface area contributed by atoms with E-state index in [2.05, 4.69) is 50.6 Å². The second-order valence-corrected chi connectivity index (χ2v) is 6.67. The molecule has 0 radical (unpaired) electrons. The van der Waals surface area contributed by atoms with E-state index >= 15 is 0 Å². The molecule has 26 heavy (non-hydrogen) atoms. The molecule has 1 aromatic carbocycles. The first kappa shape index (κ1) is 22.1. The molecule has 1 heterocycles. The molecule has 0 bridgehead atoms. The summed E-state index contributed by atoms with van der Waals surface area (Å²) in [6.07, 6.45) is 1.26. The highest BCUT2D eigenvalue weighted by atomic mass is 79.9. The van der Waals surface area contributed by atoms with Crippen molar-refractivity contribution >= 4 is 39.3 Å². The highest BCUT2D eigenvalue weighted by molar-refractivity contribution is 9.10. The topological polar surface area (TPSA) is 70.0 Å². The number of nitrogens with one attached hydrogen (secondary N) is 3. The third-order valence-corrected chi connectivity index (χ3v) is 4.50. The Balaban J connectivity index is 0.00000163. The number of halogens is 1. The highest BCUT2D eigenvalue weighted by Gasteiger charge is 2.09. The first-order valence-electron chi connectivity index (χ1n) is 8.75. The maximum absolute atomic E-state index is 7.62. The summed E-state index contributed by atoms with van der Waals surface area (Å²) in [4.78, 5) is 4.52. The van der Waals surface area contributed by atoms with Crippen molar-refractivity contribution in [1.29, 1.82) is 5.41 Å². The largest absolute Gasteiger partial charge is 0.383 e. The fourth-order valence-corrected chi connectivity index (χ4v) is 2.85. The van der Waals surface area contributed by atoms with E-state index in [0.717, 1.165) is 27.0 Å². The zero-order chi connectivity index (χ0) is 19.7. The van der Waals surface area contributed by atoms with Crippen molar-refractivity contribution < 1.29 is 4.74 Å². The van der Waals surface area contributed by atoms with Crippen LogP contribution in [0.2, 0.25) is 0 Å². The summed E-state index contributed by atoms with van der Waals surface area (Å²) in [7, 11) is 1.67. The number of pyridine rings is 1. The fraction of sp³-hybridized carbons (Fsp3) is 0.400. The van der Waals surface area contributed by atoms with Crippen molar-refractivity contribution in [1.82, 2.24) is 4.98 Å². The minimum absolute atomic E-state index is 0.144. The number of ether oxygens (including phenoxy) is 1. The van der Waals surface area contributed by atoms with Crippen molar-refractivity contribution in [2.45, 2.75) is 40.7 Å². The second kappa shape index (κ2) is 10.9. The minimum atomic E-state index is 0.144. The van der Waals surface area contributed by atoms with Crippen LogP contribution in [-0.4, -0.2) is 31.0 Å². The summed E-state index contributed by atoms with van der Waals surface area (Å²) >= 11 is 3.54. The quantitative estimate of drug-likeness (QED) is 0.504. The lowest BCUT2D eigenvalue weighted by atomic mass is 10.1. The van der Waals surface area contributed by atoms with Gasteiger partial charge in [-0.15, -0.1) is 0 Å². The van der Waals surface area contributed by atoms with E-state index in [9.17, 15) is 0 Å². The van der Waals surface area contributed by atoms with Crippen molar-refractivity contribution in [2.75, 3.05) is 24.4 Å². The number of nitrogens with zero attached hydrogens (tertiary/aromatic N) is 1. The van der Waals surface area contributed by atoms with Gasteiger partial charge in [0.2, 0.25) is 0 Å². The molecule has 0 aliphatic heterocycles. The number of rotatable bonds is 7. The van der Waals surface area contributed by atoms with Crippen LogP contribution in [0.25, 0.3) is 0 Å². The van der Waals surface area contributed by atoms with Crippen molar-refractivity contribution in [3.63, 3.8) is 0 Å². The van der Waals surface area contributed by atoms with Gasteiger partial charge in [-0.2, -0.15) is 0 Å². The fourth-order valence-electron chi connectivity index (χ4n) is 2.39. The minimum Gasteiger partial charge on any atom is -0.383 e. The van der Waals surface area contributed by atoms with Gasteiger partial charge in [0.1, 0.15) is 11.5 Å². The monoisotopic (exact) mass is 420 g/mol. The Bertz CT molecular complexity index is 734. The van der Waals surface area contributed by atoms with Crippen molar-refractivity contribution in [3.05, 3.63) is 45.6 Å². The van der Waals surface area contributed by atoms with Gasteiger partial charge < -0.3 is 20.8 Å². The highest BCUT2D eigenvalue weighted by Crippen LogP contribution is 2.27. The van der Waals surface area contributed by atoms with Crippen LogP contribution in [0.3, 0.4) is 0 Å². The van der Waals surface area contributed by atoms with E-state index in [0.29, 0.717) is 18.1 Å². The molecule has 0 spiro atoms. The Morgan fingerprint density at radius 1 is 1.19 bits per heavy atom. The van der Waals surface area contributed by atoms with Crippen molar-refractivity contribution in [2.24, 2.45) is 0 Å². The Hall–Kier alpha value is -1.92. The van der Waals surface area contributed by atoms with Gasteiger partial charge in [-0.3, -0.25) is 0 Å². The third kappa shape index (κ3) is 6.11. The zero-order valence-electron chi connectivity index (χ0n) is 16.4. The van der Waals surface area contributed by atoms with Gasteiger partial charge in [0.25, 0.3) is 0 Å². The number of anilines is 3. The summed E-state index contributed by atoms with van der Waals surface area (Å²) in [6.45, 7) is 10.7. The number of aromatic nitrogens is 1. The van der Waals surface area contributed by atoms with Crippen LogP contribution >= 0.6 is 15.9 Å². The standard InChI is InChI=1S/C18H23BrN4O.C2H6/c1-11-8-16(12(2)7-14(11)19)22-18-6-5-15(17(9-20)23-18)21-13(3)10-24-4;1-2/h5-9,13,20-21H,10H2,1-4H3,(H,22,23);1-2H3. The van der Waals surface area contributed by atoms with Crippen LogP contribution in [0.1, 0.15) is 37.6 Å². The first-order valence-corrected chi connectivity index (χ1v) is 9.54. The molecule has 0 fully saturated rings. The number of hydrogen-bond donors (Lipinski definition) is 3. The molecule has 3 N–H and O–H groups in total. The Kier molecular flexibility index (Phi) is 9.30. The van der Waals surface area contributed by atoms with Crippen LogP contribution in [-0.2, 0) is 4.74 Å². The first-order chi connectivity index (χ1) is 12.4. The lowest BCUT2D eigenvalue weighted by Gasteiger charge is -2.17. The van der Waals surface area contributed by atoms with Crippen LogP contribution < -0.4 is 10.6 Å². The molecule has 0 amide bonds. The SMILES string of the molecule is CC.COCC(C)Nc1ccc(Nc2cc(C)c(Br)cc2C)nc1C=N. The van der Waals surface area contributed by atoms with Gasteiger partial charge in [0.05, 0.1) is 12.3 Å². The molecule has 0 saturated heterocycles. The molecule has 6 heteroatoms. The van der Waals surface area contributed by atoms with E-state index < -0.39 is 0 Å². The van der Waals surface area contributed by atoms with E-state index in [1.807, 2.05) is 39.8 Å². The molecule has 0 aliphatic carbocycles. The molecule has 2 rings (SSSR count). The lowest BCUT2D eigenvalue weighted by Crippen LogP contribution is -2.21. The van der Waals surface area contributed by atoms with Gasteiger partial charge in [-0.05, 0) is 56.2 Å². The van der Waals surface area contributed by atoms with E-state index in [1.54, 1.807) is 7.11 Å². The molecule has 1 atom stereocenters. The van der Waals surface area contributed by atoms with Gasteiger partial charge >= 0.3 is 0 Å². The summed E-state index contributed by atoms with van der Waals surface area (Å²) in [5.41, 5.74) is 4.70. The Labute approximate surface area is 165 Å². The summed E-state index contributed by atoms with van der Waals surface area (Å²) in [5, 5.41) is 14.3. The van der Waals surface area contributed by atoms with Gasteiger partial charge in [-0.1, -0.05) is 29.8 Å². The smallest absolute Gasteiger partial charge is 0.131 e. The zero-order valence-corrected chi connectivity index (χ0v) is 18.0. The van der Waals surface area contributed by atoms with Gasteiger partial charge in [0, 0.05) is 29.5 Å². The summed E-state index contributed by atoms with van der Waals surface area (Å²) < 4.78 is 6.22. The number of aryl methyl sites for hydroxylation is 2.